The number of rotatable bonds is 9. The van der Waals surface area contributed by atoms with Gasteiger partial charge in [-0.15, -0.1) is 0 Å². The Morgan fingerprint density at radius 2 is 1.66 bits per heavy atom. The van der Waals surface area contributed by atoms with Gasteiger partial charge in [-0.2, -0.15) is 0 Å². The molecule has 1 amide bonds. The summed E-state index contributed by atoms with van der Waals surface area (Å²) in [5.41, 5.74) is 1.79. The third-order valence-corrected chi connectivity index (χ3v) is 6.36. The maximum atomic E-state index is 12.9. The van der Waals surface area contributed by atoms with Crippen LogP contribution in [0, 0.1) is 0 Å². The van der Waals surface area contributed by atoms with E-state index in [0.29, 0.717) is 10.8 Å². The Labute approximate surface area is 192 Å². The van der Waals surface area contributed by atoms with Crippen molar-refractivity contribution in [2.24, 2.45) is 0 Å². The molecule has 0 atom stereocenters. The van der Waals surface area contributed by atoms with Crippen LogP contribution in [-0.4, -0.2) is 28.5 Å². The molecule has 0 unspecified atom stereocenters. The average molecular weight is 475 g/mol. The highest BCUT2D eigenvalue weighted by Gasteiger charge is 2.21. The number of sulfonamides is 1. The molecule has 0 aliphatic heterocycles. The third-order valence-electron chi connectivity index (χ3n) is 4.68. The molecule has 0 aromatic heterocycles. The second kappa shape index (κ2) is 10.5. The Morgan fingerprint density at radius 1 is 0.906 bits per heavy atom. The van der Waals surface area contributed by atoms with Gasteiger partial charge in [0.05, 0.1) is 14.2 Å². The fourth-order valence-electron chi connectivity index (χ4n) is 2.95. The van der Waals surface area contributed by atoms with Gasteiger partial charge in [-0.25, -0.2) is 13.1 Å². The Morgan fingerprint density at radius 3 is 2.34 bits per heavy atom. The first kappa shape index (κ1) is 23.6. The summed E-state index contributed by atoms with van der Waals surface area (Å²) in [5.74, 6) is 0.406. The number of nitrogens with one attached hydrogen (secondary N) is 2. The fourth-order valence-corrected chi connectivity index (χ4v) is 4.29. The molecule has 3 aromatic carbocycles. The van der Waals surface area contributed by atoms with Crippen molar-refractivity contribution < 1.29 is 22.7 Å². The van der Waals surface area contributed by atoms with Crippen molar-refractivity contribution in [3.63, 3.8) is 0 Å². The second-order valence-electron chi connectivity index (χ2n) is 6.85. The van der Waals surface area contributed by atoms with Crippen LogP contribution in [0.4, 0.5) is 0 Å². The largest absolute Gasteiger partial charge is 0.497 e. The number of methoxy groups -OCH3 is 2. The summed E-state index contributed by atoms with van der Waals surface area (Å²) in [6.45, 7) is 0.327. The third kappa shape index (κ3) is 6.00. The lowest BCUT2D eigenvalue weighted by atomic mass is 10.2. The SMILES string of the molecule is COc1cccc(CNC(=O)c2ccc(OC)c(S(=O)(=O)NCc3ccc(Cl)cc3)c2)c1. The van der Waals surface area contributed by atoms with Crippen LogP contribution in [0.1, 0.15) is 21.5 Å². The molecule has 0 saturated carbocycles. The summed E-state index contributed by atoms with van der Waals surface area (Å²) in [4.78, 5) is 12.5. The zero-order valence-electron chi connectivity index (χ0n) is 17.6. The number of carbonyl (C=O) groups excluding carboxylic acids is 1. The molecule has 32 heavy (non-hydrogen) atoms. The van der Waals surface area contributed by atoms with Crippen molar-refractivity contribution >= 4 is 27.5 Å². The van der Waals surface area contributed by atoms with Crippen LogP contribution in [0.3, 0.4) is 0 Å². The van der Waals surface area contributed by atoms with Gasteiger partial charge in [0.25, 0.3) is 5.91 Å². The molecular weight excluding hydrogens is 452 g/mol. The van der Waals surface area contributed by atoms with Crippen molar-refractivity contribution in [3.05, 3.63) is 88.4 Å². The topological polar surface area (TPSA) is 93.7 Å². The smallest absolute Gasteiger partial charge is 0.251 e. The van der Waals surface area contributed by atoms with Crippen molar-refractivity contribution in [2.75, 3.05) is 14.2 Å². The van der Waals surface area contributed by atoms with Crippen molar-refractivity contribution in [1.29, 1.82) is 0 Å². The molecule has 168 valence electrons. The lowest BCUT2D eigenvalue weighted by Gasteiger charge is -2.13. The van der Waals surface area contributed by atoms with Gasteiger partial charge in [-0.3, -0.25) is 4.79 Å². The molecular formula is C23H23ClN2O5S. The molecule has 0 heterocycles. The van der Waals surface area contributed by atoms with Gasteiger partial charge in [0.1, 0.15) is 16.4 Å². The minimum Gasteiger partial charge on any atom is -0.497 e. The molecule has 3 rings (SSSR count). The first-order chi connectivity index (χ1) is 15.3. The van der Waals surface area contributed by atoms with E-state index in [4.69, 9.17) is 21.1 Å². The minimum absolute atomic E-state index is 0.0644. The summed E-state index contributed by atoms with van der Waals surface area (Å²) >= 11 is 5.86. The van der Waals surface area contributed by atoms with Crippen LogP contribution >= 0.6 is 11.6 Å². The van der Waals surface area contributed by atoms with E-state index >= 15 is 0 Å². The molecule has 0 fully saturated rings. The quantitative estimate of drug-likeness (QED) is 0.492. The van der Waals surface area contributed by atoms with Gasteiger partial charge < -0.3 is 14.8 Å². The molecule has 0 aliphatic rings. The molecule has 0 spiro atoms. The monoisotopic (exact) mass is 474 g/mol. The molecule has 9 heteroatoms. The Hall–Kier alpha value is -3.07. The van der Waals surface area contributed by atoms with E-state index in [2.05, 4.69) is 10.0 Å². The van der Waals surface area contributed by atoms with Crippen LogP contribution in [-0.2, 0) is 23.1 Å². The molecule has 7 nitrogen and oxygen atoms in total. The van der Waals surface area contributed by atoms with Gasteiger partial charge >= 0.3 is 0 Å². The maximum Gasteiger partial charge on any atom is 0.251 e. The normalized spacial score (nSPS) is 11.1. The summed E-state index contributed by atoms with van der Waals surface area (Å²) in [6, 6.07) is 18.4. The maximum absolute atomic E-state index is 12.9. The fraction of sp³-hybridized carbons (Fsp3) is 0.174. The highest BCUT2D eigenvalue weighted by atomic mass is 35.5. The number of hydrogen-bond donors (Lipinski definition) is 2. The number of amides is 1. The number of benzene rings is 3. The zero-order chi connectivity index (χ0) is 23.1. The highest BCUT2D eigenvalue weighted by Crippen LogP contribution is 2.25. The summed E-state index contributed by atoms with van der Waals surface area (Å²) < 4.78 is 38.7. The first-order valence-electron chi connectivity index (χ1n) is 9.65. The van der Waals surface area contributed by atoms with E-state index in [9.17, 15) is 13.2 Å². The second-order valence-corrected chi connectivity index (χ2v) is 9.02. The van der Waals surface area contributed by atoms with Crippen molar-refractivity contribution in [3.8, 4) is 11.5 Å². The summed E-state index contributed by atoms with van der Waals surface area (Å²) in [7, 11) is -1.01. The lowest BCUT2D eigenvalue weighted by Crippen LogP contribution is -2.26. The van der Waals surface area contributed by atoms with E-state index in [1.807, 2.05) is 24.3 Å². The van der Waals surface area contributed by atoms with Crippen molar-refractivity contribution in [1.82, 2.24) is 10.0 Å². The van der Waals surface area contributed by atoms with Gasteiger partial charge in [-0.05, 0) is 53.6 Å². The van der Waals surface area contributed by atoms with Crippen molar-refractivity contribution in [2.45, 2.75) is 18.0 Å². The molecule has 0 aliphatic carbocycles. The predicted octanol–water partition coefficient (Wildman–Crippen LogP) is 3.77. The molecule has 0 saturated heterocycles. The first-order valence-corrected chi connectivity index (χ1v) is 11.5. The molecule has 2 N–H and O–H groups in total. The zero-order valence-corrected chi connectivity index (χ0v) is 19.2. The number of halogens is 1. The highest BCUT2D eigenvalue weighted by molar-refractivity contribution is 7.89. The number of ether oxygens (including phenoxy) is 2. The van der Waals surface area contributed by atoms with Gasteiger partial charge in [0, 0.05) is 23.7 Å². The van der Waals surface area contributed by atoms with Crippen LogP contribution < -0.4 is 19.5 Å². The molecule has 3 aromatic rings. The minimum atomic E-state index is -3.95. The van der Waals surface area contributed by atoms with E-state index in [1.54, 1.807) is 31.4 Å². The Bertz CT molecular complexity index is 1200. The predicted molar refractivity (Wildman–Crippen MR) is 123 cm³/mol. The van der Waals surface area contributed by atoms with Crippen LogP contribution in [0.15, 0.2) is 71.6 Å². The van der Waals surface area contributed by atoms with Gasteiger partial charge in [0.2, 0.25) is 10.0 Å². The van der Waals surface area contributed by atoms with Crippen LogP contribution in [0.2, 0.25) is 5.02 Å². The van der Waals surface area contributed by atoms with Crippen LogP contribution in [0.25, 0.3) is 0 Å². The van der Waals surface area contributed by atoms with E-state index in [0.717, 1.165) is 11.1 Å². The molecule has 0 bridgehead atoms. The number of hydrogen-bond acceptors (Lipinski definition) is 5. The Kier molecular flexibility index (Phi) is 7.74. The number of carbonyl (C=O) groups is 1. The van der Waals surface area contributed by atoms with Crippen LogP contribution in [0.5, 0.6) is 11.5 Å². The van der Waals surface area contributed by atoms with E-state index in [-0.39, 0.29) is 29.3 Å². The average Bonchev–Trinajstić information content (AvgIpc) is 2.82. The van der Waals surface area contributed by atoms with E-state index in [1.165, 1.54) is 25.3 Å². The summed E-state index contributed by atoms with van der Waals surface area (Å²) in [6.07, 6.45) is 0. The lowest BCUT2D eigenvalue weighted by molar-refractivity contribution is 0.0950. The summed E-state index contributed by atoms with van der Waals surface area (Å²) in [5, 5.41) is 3.34. The standard InChI is InChI=1S/C23H23ClN2O5S/c1-30-20-5-3-4-17(12-20)14-25-23(27)18-8-11-21(31-2)22(13-18)32(28,29)26-15-16-6-9-19(24)10-7-16/h3-13,26H,14-15H2,1-2H3,(H,25,27). The van der Waals surface area contributed by atoms with E-state index < -0.39 is 15.9 Å². The van der Waals surface area contributed by atoms with Gasteiger partial charge in [0.15, 0.2) is 0 Å². The van der Waals surface area contributed by atoms with Gasteiger partial charge in [-0.1, -0.05) is 35.9 Å². The molecule has 0 radical (unpaired) electrons. The Balaban J connectivity index is 1.76.